The maximum absolute atomic E-state index is 10.5. The van der Waals surface area contributed by atoms with E-state index < -0.39 is 6.09 Å². The lowest BCUT2D eigenvalue weighted by atomic mass is 10.0. The summed E-state index contributed by atoms with van der Waals surface area (Å²) in [7, 11) is 0. The molecule has 0 spiro atoms. The van der Waals surface area contributed by atoms with Gasteiger partial charge in [0.1, 0.15) is 5.52 Å². The van der Waals surface area contributed by atoms with E-state index in [1.165, 1.54) is 56.9 Å². The highest BCUT2D eigenvalue weighted by atomic mass is 16.4. The van der Waals surface area contributed by atoms with Crippen molar-refractivity contribution in [1.82, 2.24) is 10.3 Å². The zero-order chi connectivity index (χ0) is 17.9. The molecule has 1 heterocycles. The van der Waals surface area contributed by atoms with Crippen LogP contribution in [0.2, 0.25) is 0 Å². The summed E-state index contributed by atoms with van der Waals surface area (Å²) in [5.74, 6) is 0.577. The second kappa shape index (κ2) is 10.7. The van der Waals surface area contributed by atoms with Crippen molar-refractivity contribution < 1.29 is 14.3 Å². The summed E-state index contributed by atoms with van der Waals surface area (Å²) in [6.07, 6.45) is 11.1. The Bertz CT molecular complexity index is 651. The average Bonchev–Trinajstić information content (AvgIpc) is 2.99. The summed E-state index contributed by atoms with van der Waals surface area (Å²) in [5.41, 5.74) is 2.91. The van der Waals surface area contributed by atoms with E-state index in [9.17, 15) is 4.79 Å². The molecule has 2 rings (SSSR count). The van der Waals surface area contributed by atoms with Gasteiger partial charge in [-0.1, -0.05) is 57.9 Å². The van der Waals surface area contributed by atoms with Gasteiger partial charge in [0.25, 0.3) is 0 Å². The highest BCUT2D eigenvalue weighted by molar-refractivity contribution is 5.73. The lowest BCUT2D eigenvalue weighted by Gasteiger charge is -2.02. The molecule has 1 aromatic carbocycles. The average molecular weight is 346 g/mol. The van der Waals surface area contributed by atoms with E-state index in [-0.39, 0.29) is 0 Å². The second-order valence-corrected chi connectivity index (χ2v) is 6.62. The van der Waals surface area contributed by atoms with E-state index >= 15 is 0 Å². The van der Waals surface area contributed by atoms with Gasteiger partial charge in [0.05, 0.1) is 0 Å². The fourth-order valence-electron chi connectivity index (χ4n) is 3.02. The minimum atomic E-state index is -1.02. The Hall–Kier alpha value is -2.04. The molecule has 0 aliphatic rings. The van der Waals surface area contributed by atoms with Crippen LogP contribution in [0.4, 0.5) is 4.79 Å². The van der Waals surface area contributed by atoms with Crippen LogP contribution in [0.15, 0.2) is 22.6 Å². The first-order valence-electron chi connectivity index (χ1n) is 9.54. The molecule has 25 heavy (non-hydrogen) atoms. The van der Waals surface area contributed by atoms with Crippen molar-refractivity contribution in [3.8, 4) is 0 Å². The lowest BCUT2D eigenvalue weighted by Crippen LogP contribution is -2.23. The number of fused-ring (bicyclic) bond motifs is 1. The molecule has 0 atom stereocenters. The van der Waals surface area contributed by atoms with E-state index in [1.807, 2.05) is 6.07 Å². The van der Waals surface area contributed by atoms with E-state index in [4.69, 9.17) is 9.52 Å². The number of hydrogen-bond donors (Lipinski definition) is 2. The molecule has 0 unspecified atom stereocenters. The standard InChI is InChI=1S/C20H30N2O3/c1-2-3-4-5-6-7-8-9-10-16-11-12-17-18(15-16)25-19(22-17)13-14-21-20(23)24/h11-12,15,21H,2-10,13-14H2,1H3,(H,23,24). The van der Waals surface area contributed by atoms with Crippen molar-refractivity contribution in [3.63, 3.8) is 0 Å². The summed E-state index contributed by atoms with van der Waals surface area (Å²) in [5, 5.41) is 10.9. The summed E-state index contributed by atoms with van der Waals surface area (Å²) >= 11 is 0. The molecule has 2 aromatic rings. The van der Waals surface area contributed by atoms with Gasteiger partial charge >= 0.3 is 6.09 Å². The van der Waals surface area contributed by atoms with Gasteiger partial charge in [-0.05, 0) is 30.5 Å². The molecule has 1 aromatic heterocycles. The van der Waals surface area contributed by atoms with Crippen LogP contribution in [0.5, 0.6) is 0 Å². The number of aryl methyl sites for hydroxylation is 1. The van der Waals surface area contributed by atoms with Crippen molar-refractivity contribution in [2.45, 2.75) is 71.1 Å². The van der Waals surface area contributed by atoms with E-state index in [0.717, 1.165) is 17.5 Å². The molecular formula is C20H30N2O3. The number of benzene rings is 1. The number of carboxylic acid groups (broad SMARTS) is 1. The van der Waals surface area contributed by atoms with Crippen molar-refractivity contribution >= 4 is 17.2 Å². The van der Waals surface area contributed by atoms with Crippen LogP contribution in [-0.2, 0) is 12.8 Å². The number of unbranched alkanes of at least 4 members (excludes halogenated alkanes) is 7. The number of nitrogens with one attached hydrogen (secondary N) is 1. The zero-order valence-corrected chi connectivity index (χ0v) is 15.2. The number of oxazole rings is 1. The first-order valence-corrected chi connectivity index (χ1v) is 9.54. The fourth-order valence-corrected chi connectivity index (χ4v) is 3.02. The second-order valence-electron chi connectivity index (χ2n) is 6.62. The van der Waals surface area contributed by atoms with Gasteiger partial charge in [0.2, 0.25) is 0 Å². The number of rotatable bonds is 12. The number of carbonyl (C=O) groups is 1. The minimum Gasteiger partial charge on any atom is -0.465 e. The van der Waals surface area contributed by atoms with E-state index in [2.05, 4.69) is 29.4 Å². The number of amides is 1. The number of aromatic nitrogens is 1. The largest absolute Gasteiger partial charge is 0.465 e. The Kier molecular flexibility index (Phi) is 8.29. The molecule has 0 bridgehead atoms. The molecule has 0 aliphatic heterocycles. The molecular weight excluding hydrogens is 316 g/mol. The van der Waals surface area contributed by atoms with Crippen LogP contribution in [0.3, 0.4) is 0 Å². The third kappa shape index (κ3) is 7.16. The number of hydrogen-bond acceptors (Lipinski definition) is 3. The quantitative estimate of drug-likeness (QED) is 0.510. The predicted octanol–water partition coefficient (Wildman–Crippen LogP) is 5.32. The zero-order valence-electron chi connectivity index (χ0n) is 15.2. The van der Waals surface area contributed by atoms with Gasteiger partial charge in [-0.3, -0.25) is 0 Å². The van der Waals surface area contributed by atoms with Gasteiger partial charge in [0, 0.05) is 13.0 Å². The monoisotopic (exact) mass is 346 g/mol. The molecule has 0 fully saturated rings. The summed E-state index contributed by atoms with van der Waals surface area (Å²) in [6, 6.07) is 6.18. The van der Waals surface area contributed by atoms with Crippen LogP contribution >= 0.6 is 0 Å². The van der Waals surface area contributed by atoms with Crippen LogP contribution in [0.1, 0.15) is 69.7 Å². The smallest absolute Gasteiger partial charge is 0.404 e. The Balaban J connectivity index is 1.72. The van der Waals surface area contributed by atoms with Crippen molar-refractivity contribution in [2.24, 2.45) is 0 Å². The molecule has 5 nitrogen and oxygen atoms in total. The third-order valence-electron chi connectivity index (χ3n) is 4.43. The van der Waals surface area contributed by atoms with Gasteiger partial charge in [0.15, 0.2) is 11.5 Å². The SMILES string of the molecule is CCCCCCCCCCc1ccc2nc(CCNC(=O)O)oc2c1. The minimum absolute atomic E-state index is 0.313. The highest BCUT2D eigenvalue weighted by Gasteiger charge is 2.07. The van der Waals surface area contributed by atoms with Gasteiger partial charge in [-0.25, -0.2) is 9.78 Å². The maximum Gasteiger partial charge on any atom is 0.404 e. The molecule has 0 radical (unpaired) electrons. The Morgan fingerprint density at radius 3 is 2.52 bits per heavy atom. The van der Waals surface area contributed by atoms with Gasteiger partial charge in [-0.2, -0.15) is 0 Å². The third-order valence-corrected chi connectivity index (χ3v) is 4.43. The van der Waals surface area contributed by atoms with Crippen LogP contribution in [-0.4, -0.2) is 22.7 Å². The molecule has 0 aliphatic carbocycles. The Labute approximate surface area is 149 Å². The topological polar surface area (TPSA) is 75.4 Å². The molecule has 2 N–H and O–H groups in total. The number of nitrogens with zero attached hydrogens (tertiary/aromatic N) is 1. The Morgan fingerprint density at radius 2 is 1.80 bits per heavy atom. The molecule has 0 saturated heterocycles. The van der Waals surface area contributed by atoms with Crippen molar-refractivity contribution in [2.75, 3.05) is 6.54 Å². The van der Waals surface area contributed by atoms with E-state index in [1.54, 1.807) is 0 Å². The first kappa shape index (κ1) is 19.3. The molecule has 138 valence electrons. The lowest BCUT2D eigenvalue weighted by molar-refractivity contribution is 0.194. The fraction of sp³-hybridized carbons (Fsp3) is 0.600. The first-order chi connectivity index (χ1) is 12.2. The van der Waals surface area contributed by atoms with Crippen LogP contribution in [0.25, 0.3) is 11.1 Å². The van der Waals surface area contributed by atoms with Crippen LogP contribution in [0, 0.1) is 0 Å². The molecule has 0 saturated carbocycles. The summed E-state index contributed by atoms with van der Waals surface area (Å²) in [6.45, 7) is 2.56. The Morgan fingerprint density at radius 1 is 1.08 bits per heavy atom. The summed E-state index contributed by atoms with van der Waals surface area (Å²) in [4.78, 5) is 14.9. The molecule has 1 amide bonds. The molecule has 5 heteroatoms. The van der Waals surface area contributed by atoms with Crippen molar-refractivity contribution in [1.29, 1.82) is 0 Å². The summed E-state index contributed by atoms with van der Waals surface area (Å²) < 4.78 is 5.73. The van der Waals surface area contributed by atoms with Gasteiger partial charge in [-0.15, -0.1) is 0 Å². The van der Waals surface area contributed by atoms with Gasteiger partial charge < -0.3 is 14.8 Å². The van der Waals surface area contributed by atoms with E-state index in [0.29, 0.717) is 18.9 Å². The normalized spacial score (nSPS) is 11.1. The maximum atomic E-state index is 10.5. The van der Waals surface area contributed by atoms with Crippen LogP contribution < -0.4 is 5.32 Å². The predicted molar refractivity (Wildman–Crippen MR) is 100 cm³/mol. The van der Waals surface area contributed by atoms with Crippen molar-refractivity contribution in [3.05, 3.63) is 29.7 Å². The highest BCUT2D eigenvalue weighted by Crippen LogP contribution is 2.19.